The number of carbonyl (C=O) groups is 1. The first-order valence-corrected chi connectivity index (χ1v) is 12.0. The highest BCUT2D eigenvalue weighted by atomic mass is 32.2. The van der Waals surface area contributed by atoms with Gasteiger partial charge in [0.15, 0.2) is 0 Å². The van der Waals surface area contributed by atoms with Gasteiger partial charge in [-0.3, -0.25) is 18.9 Å². The normalized spacial score (nSPS) is 15.2. The number of fused-ring (bicyclic) bond motifs is 1. The number of aromatic nitrogens is 4. The molecule has 0 unspecified atom stereocenters. The lowest BCUT2D eigenvalue weighted by molar-refractivity contribution is -0.122. The van der Waals surface area contributed by atoms with Gasteiger partial charge in [-0.05, 0) is 49.6 Å². The molecule has 0 saturated carbocycles. The van der Waals surface area contributed by atoms with Crippen LogP contribution in [-0.4, -0.2) is 34.1 Å². The average Bonchev–Trinajstić information content (AvgIpc) is 3.57. The molecule has 34 heavy (non-hydrogen) atoms. The molecular formula is C24H21N5O3S2. The number of hydrogen-bond acceptors (Lipinski definition) is 7. The number of thioether (sulfide) groups is 1. The Balaban J connectivity index is 1.50. The topological polar surface area (TPSA) is 85.6 Å². The van der Waals surface area contributed by atoms with Gasteiger partial charge in [-0.1, -0.05) is 30.0 Å². The van der Waals surface area contributed by atoms with Crippen LogP contribution in [0.4, 0.5) is 0 Å². The maximum atomic E-state index is 13.5. The van der Waals surface area contributed by atoms with Crippen molar-refractivity contribution in [2.24, 2.45) is 0 Å². The molecule has 0 radical (unpaired) electrons. The van der Waals surface area contributed by atoms with Crippen molar-refractivity contribution in [3.05, 3.63) is 93.3 Å². The van der Waals surface area contributed by atoms with Gasteiger partial charge in [0.05, 0.1) is 35.3 Å². The van der Waals surface area contributed by atoms with E-state index in [2.05, 4.69) is 4.98 Å². The highest BCUT2D eigenvalue weighted by Crippen LogP contribution is 2.33. The van der Waals surface area contributed by atoms with Gasteiger partial charge in [0.25, 0.3) is 11.5 Å². The minimum absolute atomic E-state index is 0.206. The molecule has 0 aliphatic carbocycles. The molecule has 5 rings (SSSR count). The first-order valence-electron chi connectivity index (χ1n) is 10.7. The van der Waals surface area contributed by atoms with E-state index in [9.17, 15) is 9.59 Å². The third-order valence-electron chi connectivity index (χ3n) is 5.52. The second-order valence-electron chi connectivity index (χ2n) is 7.96. The van der Waals surface area contributed by atoms with Crippen LogP contribution in [-0.2, 0) is 24.3 Å². The first-order chi connectivity index (χ1) is 16.5. The van der Waals surface area contributed by atoms with Crippen molar-refractivity contribution in [2.75, 3.05) is 0 Å². The van der Waals surface area contributed by atoms with Crippen molar-refractivity contribution in [1.82, 2.24) is 23.8 Å². The molecule has 0 atom stereocenters. The number of furan rings is 1. The second kappa shape index (κ2) is 9.40. The summed E-state index contributed by atoms with van der Waals surface area (Å²) in [6, 6.07) is 7.32. The predicted molar refractivity (Wildman–Crippen MR) is 134 cm³/mol. The Labute approximate surface area is 204 Å². The van der Waals surface area contributed by atoms with Gasteiger partial charge < -0.3 is 8.98 Å². The summed E-state index contributed by atoms with van der Waals surface area (Å²) in [5.41, 5.74) is 2.39. The van der Waals surface area contributed by atoms with Gasteiger partial charge >= 0.3 is 0 Å². The number of nitrogens with zero attached hydrogens (tertiary/aromatic N) is 5. The number of imidazole rings is 1. The molecule has 0 bridgehead atoms. The molecule has 0 spiro atoms. The molecule has 8 nitrogen and oxygen atoms in total. The maximum absolute atomic E-state index is 13.5. The van der Waals surface area contributed by atoms with Crippen molar-refractivity contribution in [3.8, 4) is 0 Å². The summed E-state index contributed by atoms with van der Waals surface area (Å²) in [6.07, 6.45) is 11.7. The number of carbonyl (C=O) groups excluding carboxylic acids is 1. The van der Waals surface area contributed by atoms with Crippen LogP contribution in [0.1, 0.15) is 29.0 Å². The number of rotatable bonds is 7. The molecule has 0 N–H and O–H groups in total. The summed E-state index contributed by atoms with van der Waals surface area (Å²) < 4.78 is 9.31. The third-order valence-corrected chi connectivity index (χ3v) is 6.89. The van der Waals surface area contributed by atoms with E-state index in [-0.39, 0.29) is 18.0 Å². The fraction of sp³-hybridized carbons (Fsp3) is 0.208. The zero-order valence-electron chi connectivity index (χ0n) is 18.4. The van der Waals surface area contributed by atoms with Gasteiger partial charge in [-0.15, -0.1) is 0 Å². The summed E-state index contributed by atoms with van der Waals surface area (Å²) in [5.74, 6) is 0.394. The van der Waals surface area contributed by atoms with Crippen molar-refractivity contribution < 1.29 is 9.21 Å². The van der Waals surface area contributed by atoms with Gasteiger partial charge in [0.1, 0.15) is 15.7 Å². The number of pyridine rings is 1. The Morgan fingerprint density at radius 1 is 1.24 bits per heavy atom. The van der Waals surface area contributed by atoms with Crippen LogP contribution in [0.15, 0.2) is 69.6 Å². The molecule has 4 aromatic heterocycles. The summed E-state index contributed by atoms with van der Waals surface area (Å²) in [7, 11) is 0. The largest absolute Gasteiger partial charge is 0.467 e. The fourth-order valence-electron chi connectivity index (χ4n) is 3.81. The van der Waals surface area contributed by atoms with Crippen LogP contribution in [0.3, 0.4) is 0 Å². The van der Waals surface area contributed by atoms with E-state index in [0.717, 1.165) is 18.5 Å². The monoisotopic (exact) mass is 491 g/mol. The minimum Gasteiger partial charge on any atom is -0.467 e. The maximum Gasteiger partial charge on any atom is 0.266 e. The number of thiocarbonyl (C=S) groups is 1. The Morgan fingerprint density at radius 3 is 2.88 bits per heavy atom. The van der Waals surface area contributed by atoms with Crippen molar-refractivity contribution in [2.45, 2.75) is 32.9 Å². The molecule has 0 aromatic carbocycles. The van der Waals surface area contributed by atoms with Crippen molar-refractivity contribution >= 4 is 45.9 Å². The highest BCUT2D eigenvalue weighted by molar-refractivity contribution is 8.26. The van der Waals surface area contributed by atoms with Crippen LogP contribution < -0.4 is 5.56 Å². The van der Waals surface area contributed by atoms with Crippen LogP contribution in [0.5, 0.6) is 0 Å². The van der Waals surface area contributed by atoms with Gasteiger partial charge in [-0.2, -0.15) is 0 Å². The molecule has 5 heterocycles. The lowest BCUT2D eigenvalue weighted by Crippen LogP contribution is -2.27. The lowest BCUT2D eigenvalue weighted by atomic mass is 10.1. The molecular weight excluding hydrogens is 470 g/mol. The Hall–Kier alpha value is -3.50. The fourth-order valence-corrected chi connectivity index (χ4v) is 5.05. The van der Waals surface area contributed by atoms with Crippen molar-refractivity contribution in [3.63, 3.8) is 0 Å². The first kappa shape index (κ1) is 22.3. The van der Waals surface area contributed by atoms with Crippen LogP contribution in [0.25, 0.3) is 11.7 Å². The van der Waals surface area contributed by atoms with Gasteiger partial charge in [-0.25, -0.2) is 9.97 Å². The molecule has 1 saturated heterocycles. The number of aryl methyl sites for hydroxylation is 3. The average molecular weight is 492 g/mol. The Morgan fingerprint density at radius 2 is 2.12 bits per heavy atom. The van der Waals surface area contributed by atoms with Crippen LogP contribution in [0.2, 0.25) is 0 Å². The lowest BCUT2D eigenvalue weighted by Gasteiger charge is -2.12. The van der Waals surface area contributed by atoms with E-state index in [1.165, 1.54) is 21.1 Å². The molecule has 1 amide bonds. The predicted octanol–water partition coefficient (Wildman–Crippen LogP) is 3.83. The number of amides is 1. The van der Waals surface area contributed by atoms with E-state index in [0.29, 0.717) is 38.3 Å². The molecule has 10 heteroatoms. The second-order valence-corrected chi connectivity index (χ2v) is 9.64. The molecule has 4 aromatic rings. The van der Waals surface area contributed by atoms with Gasteiger partial charge in [0.2, 0.25) is 0 Å². The molecule has 1 fully saturated rings. The SMILES string of the molecule is Cc1ccc2nc(CCCn3ccnc3)c(/C=C3\SC(=S)N(Cc4ccco4)C3=O)c(=O)n2c1. The Kier molecular flexibility index (Phi) is 6.16. The van der Waals surface area contributed by atoms with Crippen LogP contribution >= 0.6 is 24.0 Å². The number of hydrogen-bond donors (Lipinski definition) is 0. The van der Waals surface area contributed by atoms with E-state index in [4.69, 9.17) is 21.6 Å². The summed E-state index contributed by atoms with van der Waals surface area (Å²) >= 11 is 6.62. The zero-order valence-corrected chi connectivity index (χ0v) is 20.0. The van der Waals surface area contributed by atoms with E-state index >= 15 is 0 Å². The summed E-state index contributed by atoms with van der Waals surface area (Å²) in [4.78, 5) is 37.3. The van der Waals surface area contributed by atoms with Crippen molar-refractivity contribution in [1.29, 1.82) is 0 Å². The summed E-state index contributed by atoms with van der Waals surface area (Å²) in [6.45, 7) is 2.92. The van der Waals surface area contributed by atoms with E-state index in [1.807, 2.05) is 29.8 Å². The van der Waals surface area contributed by atoms with E-state index in [1.54, 1.807) is 43.2 Å². The molecule has 172 valence electrons. The van der Waals surface area contributed by atoms with E-state index < -0.39 is 0 Å². The standard InChI is InChI=1S/C24H21N5O3S2/c1-16-6-7-21-26-19(5-2-9-27-10-8-25-15-27)18(22(30)28(21)13-16)12-20-23(31)29(24(33)34-20)14-17-4-3-11-32-17/h3-4,6-8,10-13,15H,2,5,9,14H2,1H3/b20-12-. The Bertz CT molecular complexity index is 1460. The summed E-state index contributed by atoms with van der Waals surface area (Å²) in [5, 5.41) is 0. The zero-order chi connectivity index (χ0) is 23.7. The van der Waals surface area contributed by atoms with Crippen LogP contribution in [0, 0.1) is 6.92 Å². The van der Waals surface area contributed by atoms with Gasteiger partial charge in [0, 0.05) is 25.1 Å². The minimum atomic E-state index is -0.246. The molecule has 1 aliphatic rings. The molecule has 1 aliphatic heterocycles. The highest BCUT2D eigenvalue weighted by Gasteiger charge is 2.33. The third kappa shape index (κ3) is 4.46. The quantitative estimate of drug-likeness (QED) is 0.287. The smallest absolute Gasteiger partial charge is 0.266 e.